The first-order valence-corrected chi connectivity index (χ1v) is 14.5. The van der Waals surface area contributed by atoms with Crippen molar-refractivity contribution >= 4 is 22.7 Å². The molecule has 3 N–H and O–H groups in total. The highest BCUT2D eigenvalue weighted by Gasteiger charge is 2.20. The first-order chi connectivity index (χ1) is 21.4. The minimum atomic E-state index is -0.393. The minimum Gasteiger partial charge on any atom is -0.508 e. The lowest BCUT2D eigenvalue weighted by Crippen LogP contribution is -2.45. The third-order valence-corrected chi connectivity index (χ3v) is 8.15. The van der Waals surface area contributed by atoms with Gasteiger partial charge in [-0.05, 0) is 66.6 Å². The number of anilines is 2. The number of phenols is 1. The van der Waals surface area contributed by atoms with E-state index in [1.807, 2.05) is 41.8 Å². The van der Waals surface area contributed by atoms with Gasteiger partial charge in [-0.3, -0.25) is 14.5 Å². The Balaban J connectivity index is 1.17. The van der Waals surface area contributed by atoms with Gasteiger partial charge in [-0.25, -0.2) is 19.3 Å². The summed E-state index contributed by atoms with van der Waals surface area (Å²) in [6.07, 6.45) is 4.55. The zero-order chi connectivity index (χ0) is 30.2. The van der Waals surface area contributed by atoms with E-state index in [-0.39, 0.29) is 0 Å². The van der Waals surface area contributed by atoms with E-state index in [0.717, 1.165) is 60.7 Å². The number of imidazole rings is 1. The topological polar surface area (TPSA) is 109 Å². The van der Waals surface area contributed by atoms with Crippen molar-refractivity contribution in [3.8, 4) is 34.1 Å². The van der Waals surface area contributed by atoms with E-state index in [9.17, 15) is 9.50 Å². The number of aryl methyl sites for hydroxylation is 1. The van der Waals surface area contributed by atoms with Crippen LogP contribution in [0.3, 0.4) is 0 Å². The van der Waals surface area contributed by atoms with Crippen molar-refractivity contribution < 1.29 is 9.50 Å². The minimum absolute atomic E-state index is 0.337. The first-order valence-electron chi connectivity index (χ1n) is 14.5. The zero-order valence-electron chi connectivity index (χ0n) is 24.2. The molecule has 6 aromatic rings. The average Bonchev–Trinajstić information content (AvgIpc) is 3.42. The molecule has 0 bridgehead atoms. The van der Waals surface area contributed by atoms with Crippen molar-refractivity contribution in [1.82, 2.24) is 29.4 Å². The van der Waals surface area contributed by atoms with E-state index in [1.54, 1.807) is 18.5 Å². The van der Waals surface area contributed by atoms with Crippen LogP contribution in [0.2, 0.25) is 0 Å². The Morgan fingerprint density at radius 2 is 1.66 bits per heavy atom. The summed E-state index contributed by atoms with van der Waals surface area (Å²) in [4.78, 5) is 22.8. The van der Waals surface area contributed by atoms with E-state index < -0.39 is 5.82 Å². The molecule has 2 aromatic carbocycles. The molecule has 220 valence electrons. The van der Waals surface area contributed by atoms with Crippen molar-refractivity contribution in [2.45, 2.75) is 13.5 Å². The molecule has 1 aliphatic heterocycles. The lowest BCUT2D eigenvalue weighted by molar-refractivity contribution is 0.250. The number of hydrogen-bond acceptors (Lipinski definition) is 8. The average molecular weight is 587 g/mol. The molecule has 0 unspecified atom stereocenters. The van der Waals surface area contributed by atoms with Crippen LogP contribution in [0.1, 0.15) is 11.1 Å². The van der Waals surface area contributed by atoms with Gasteiger partial charge in [0.05, 0.1) is 23.0 Å². The standard InChI is InChI=1S/C34H31FN8O/c1-22-4-8-27(18-31(22)44)42-15-13-41(14-16-42)21-23-5-9-26(10-6-23)43-30-17-24(29-11-7-25(35)20-38-29)19-39-33(30)40-34(43)28-3-2-12-37-32(28)36/h2-12,17-20,44H,13-16,21H2,1H3,(H2,36,37). The summed E-state index contributed by atoms with van der Waals surface area (Å²) in [5, 5.41) is 10.1. The maximum atomic E-state index is 13.5. The van der Waals surface area contributed by atoms with Gasteiger partial charge in [0.15, 0.2) is 11.5 Å². The van der Waals surface area contributed by atoms with Crippen molar-refractivity contribution in [2.75, 3.05) is 36.8 Å². The zero-order valence-corrected chi connectivity index (χ0v) is 24.2. The lowest BCUT2D eigenvalue weighted by atomic mass is 10.1. The fraction of sp³-hybridized carbons (Fsp3) is 0.176. The number of aromatic hydroxyl groups is 1. The number of rotatable bonds is 6. The highest BCUT2D eigenvalue weighted by molar-refractivity contribution is 5.85. The summed E-state index contributed by atoms with van der Waals surface area (Å²) < 4.78 is 15.6. The van der Waals surface area contributed by atoms with Crippen LogP contribution >= 0.6 is 0 Å². The molecule has 0 saturated carbocycles. The van der Waals surface area contributed by atoms with Gasteiger partial charge in [-0.1, -0.05) is 18.2 Å². The SMILES string of the molecule is Cc1ccc(N2CCN(Cc3ccc(-n4c(-c5cccnc5N)nc5ncc(-c6ccc(F)cn6)cc54)cc3)CC2)cc1O. The second kappa shape index (κ2) is 11.4. The second-order valence-electron chi connectivity index (χ2n) is 11.0. The van der Waals surface area contributed by atoms with Crippen molar-refractivity contribution in [1.29, 1.82) is 0 Å². The van der Waals surface area contributed by atoms with Crippen LogP contribution in [-0.4, -0.2) is 60.7 Å². The Morgan fingerprint density at radius 3 is 2.39 bits per heavy atom. The maximum Gasteiger partial charge on any atom is 0.178 e. The number of fused-ring (bicyclic) bond motifs is 1. The van der Waals surface area contributed by atoms with Gasteiger partial charge in [-0.15, -0.1) is 0 Å². The summed E-state index contributed by atoms with van der Waals surface area (Å²) in [5.74, 6) is 0.953. The highest BCUT2D eigenvalue weighted by atomic mass is 19.1. The normalized spacial score (nSPS) is 13.9. The van der Waals surface area contributed by atoms with Gasteiger partial charge in [0.1, 0.15) is 17.4 Å². The van der Waals surface area contributed by atoms with Crippen molar-refractivity contribution in [3.05, 3.63) is 108 Å². The Labute approximate surface area is 254 Å². The predicted molar refractivity (Wildman–Crippen MR) is 170 cm³/mol. The number of nitrogens with zero attached hydrogens (tertiary/aromatic N) is 7. The van der Waals surface area contributed by atoms with E-state index in [0.29, 0.717) is 34.3 Å². The van der Waals surface area contributed by atoms with E-state index in [4.69, 9.17) is 10.7 Å². The fourth-order valence-corrected chi connectivity index (χ4v) is 5.66. The van der Waals surface area contributed by atoms with Gasteiger partial charge in [0.2, 0.25) is 0 Å². The van der Waals surface area contributed by atoms with Crippen LogP contribution in [0.25, 0.3) is 39.5 Å². The van der Waals surface area contributed by atoms with Crippen LogP contribution in [0.4, 0.5) is 15.9 Å². The number of phenolic OH excluding ortho intramolecular Hbond substituents is 1. The molecule has 0 radical (unpaired) electrons. The molecule has 4 aromatic heterocycles. The lowest BCUT2D eigenvalue weighted by Gasteiger charge is -2.36. The number of benzene rings is 2. The molecule has 1 aliphatic rings. The van der Waals surface area contributed by atoms with E-state index in [1.165, 1.54) is 17.8 Å². The number of halogens is 1. The first kappa shape index (κ1) is 27.5. The molecular formula is C34H31FN8O. The molecule has 1 saturated heterocycles. The molecular weight excluding hydrogens is 555 g/mol. The van der Waals surface area contributed by atoms with Gasteiger partial charge in [0, 0.05) is 68.1 Å². The Kier molecular flexibility index (Phi) is 7.11. The summed E-state index contributed by atoms with van der Waals surface area (Å²) in [5.41, 5.74) is 13.8. The quantitative estimate of drug-likeness (QED) is 0.260. The molecule has 44 heavy (non-hydrogen) atoms. The van der Waals surface area contributed by atoms with Gasteiger partial charge < -0.3 is 15.7 Å². The summed E-state index contributed by atoms with van der Waals surface area (Å²) in [7, 11) is 0. The Morgan fingerprint density at radius 1 is 0.864 bits per heavy atom. The van der Waals surface area contributed by atoms with E-state index in [2.05, 4.69) is 55.1 Å². The smallest absolute Gasteiger partial charge is 0.178 e. The number of aromatic nitrogens is 5. The van der Waals surface area contributed by atoms with Gasteiger partial charge in [-0.2, -0.15) is 0 Å². The molecule has 5 heterocycles. The third kappa shape index (κ3) is 5.31. The molecule has 0 amide bonds. The summed E-state index contributed by atoms with van der Waals surface area (Å²) in [6, 6.07) is 23.1. The van der Waals surface area contributed by atoms with Gasteiger partial charge >= 0.3 is 0 Å². The monoisotopic (exact) mass is 586 g/mol. The predicted octanol–water partition coefficient (Wildman–Crippen LogP) is 5.60. The van der Waals surface area contributed by atoms with Gasteiger partial charge in [0.25, 0.3) is 0 Å². The molecule has 10 heteroatoms. The van der Waals surface area contributed by atoms with Crippen LogP contribution < -0.4 is 10.6 Å². The van der Waals surface area contributed by atoms with Crippen LogP contribution in [0.5, 0.6) is 5.75 Å². The van der Waals surface area contributed by atoms with Crippen LogP contribution in [0, 0.1) is 12.7 Å². The highest BCUT2D eigenvalue weighted by Crippen LogP contribution is 2.32. The molecule has 1 fully saturated rings. The third-order valence-electron chi connectivity index (χ3n) is 8.15. The van der Waals surface area contributed by atoms with Crippen molar-refractivity contribution in [2.24, 2.45) is 0 Å². The molecule has 0 aliphatic carbocycles. The number of piperazine rings is 1. The Bertz CT molecular complexity index is 1950. The van der Waals surface area contributed by atoms with Crippen LogP contribution in [0.15, 0.2) is 91.4 Å². The number of nitrogen functional groups attached to an aromatic ring is 1. The largest absolute Gasteiger partial charge is 0.508 e. The van der Waals surface area contributed by atoms with Crippen molar-refractivity contribution in [3.63, 3.8) is 0 Å². The maximum absolute atomic E-state index is 13.5. The number of nitrogens with two attached hydrogens (primary N) is 1. The molecule has 0 atom stereocenters. The number of hydrogen-bond donors (Lipinski definition) is 2. The van der Waals surface area contributed by atoms with E-state index >= 15 is 0 Å². The number of pyridine rings is 3. The summed E-state index contributed by atoms with van der Waals surface area (Å²) in [6.45, 7) is 6.40. The summed E-state index contributed by atoms with van der Waals surface area (Å²) >= 11 is 0. The molecule has 7 rings (SSSR count). The second-order valence-corrected chi connectivity index (χ2v) is 11.0. The Hall–Kier alpha value is -5.35. The molecule has 0 spiro atoms. The molecule has 9 nitrogen and oxygen atoms in total. The fourth-order valence-electron chi connectivity index (χ4n) is 5.66. The van der Waals surface area contributed by atoms with Crippen LogP contribution in [-0.2, 0) is 6.54 Å².